The van der Waals surface area contributed by atoms with Crippen molar-refractivity contribution in [3.05, 3.63) is 47.8 Å². The number of methoxy groups -OCH3 is 1. The van der Waals surface area contributed by atoms with Gasteiger partial charge in [0.15, 0.2) is 18.5 Å². The standard InChI is InChI=1S/C23H24N2O5.BrH/c1-11-16-9-25(23-22(28)21(27)18(26)10-30-23)7-6-14(16)12(2)20-19(11)15-8-13(29-3)4-5-17(15)24-20;/h4-9,18,21-23,26-28H,10H2,1-3H3;1H. The van der Waals surface area contributed by atoms with Crippen molar-refractivity contribution >= 4 is 32.6 Å². The summed E-state index contributed by atoms with van der Waals surface area (Å²) < 4.78 is 12.8. The van der Waals surface area contributed by atoms with Gasteiger partial charge in [0, 0.05) is 27.7 Å². The van der Waals surface area contributed by atoms with Gasteiger partial charge in [0.1, 0.15) is 18.0 Å². The summed E-state index contributed by atoms with van der Waals surface area (Å²) >= 11 is 0. The van der Waals surface area contributed by atoms with E-state index in [0.717, 1.165) is 49.5 Å². The van der Waals surface area contributed by atoms with Crippen molar-refractivity contribution in [3.8, 4) is 5.75 Å². The van der Waals surface area contributed by atoms with Crippen LogP contribution in [0.1, 0.15) is 17.4 Å². The van der Waals surface area contributed by atoms with Crippen LogP contribution in [0.25, 0.3) is 32.6 Å². The van der Waals surface area contributed by atoms with Gasteiger partial charge in [-0.15, -0.1) is 0 Å². The number of nitrogens with zero attached hydrogens (tertiary/aromatic N) is 1. The normalized spacial score (nSPS) is 23.9. The molecule has 4 atom stereocenters. The number of nitrogens with one attached hydrogen (secondary N) is 1. The van der Waals surface area contributed by atoms with Gasteiger partial charge >= 0.3 is 0 Å². The van der Waals surface area contributed by atoms with Crippen molar-refractivity contribution in [2.45, 2.75) is 38.4 Å². The van der Waals surface area contributed by atoms with Crippen LogP contribution in [0.3, 0.4) is 0 Å². The number of aromatic amines is 1. The van der Waals surface area contributed by atoms with Gasteiger partial charge in [0.25, 0.3) is 6.23 Å². The lowest BCUT2D eigenvalue weighted by atomic mass is 9.96. The van der Waals surface area contributed by atoms with E-state index in [2.05, 4.69) is 18.8 Å². The lowest BCUT2D eigenvalue weighted by molar-refractivity contribution is -0.774. The van der Waals surface area contributed by atoms with Crippen LogP contribution in [-0.2, 0) is 4.74 Å². The molecule has 31 heavy (non-hydrogen) atoms. The van der Waals surface area contributed by atoms with Crippen LogP contribution >= 0.6 is 0 Å². The first kappa shape index (κ1) is 22.0. The first-order chi connectivity index (χ1) is 14.4. The number of rotatable bonds is 2. The zero-order valence-corrected chi connectivity index (χ0v) is 19.0. The summed E-state index contributed by atoms with van der Waals surface area (Å²) in [7, 11) is 1.66. The summed E-state index contributed by atoms with van der Waals surface area (Å²) in [4.78, 5) is 3.54. The Morgan fingerprint density at radius 1 is 1.03 bits per heavy atom. The van der Waals surface area contributed by atoms with Crippen molar-refractivity contribution < 1.29 is 46.3 Å². The summed E-state index contributed by atoms with van der Waals surface area (Å²) in [5, 5.41) is 34.6. The van der Waals surface area contributed by atoms with Gasteiger partial charge in [-0.2, -0.15) is 4.57 Å². The van der Waals surface area contributed by atoms with E-state index in [1.54, 1.807) is 11.7 Å². The Labute approximate surface area is 189 Å². The van der Waals surface area contributed by atoms with Crippen LogP contribution < -0.4 is 26.3 Å². The predicted molar refractivity (Wildman–Crippen MR) is 113 cm³/mol. The smallest absolute Gasteiger partial charge is 0.291 e. The molecule has 2 aromatic heterocycles. The number of benzene rings is 2. The Morgan fingerprint density at radius 2 is 1.81 bits per heavy atom. The zero-order valence-electron chi connectivity index (χ0n) is 17.5. The third kappa shape index (κ3) is 3.30. The van der Waals surface area contributed by atoms with E-state index >= 15 is 0 Å². The van der Waals surface area contributed by atoms with E-state index in [4.69, 9.17) is 9.47 Å². The molecular formula is C23H25BrN2O5. The molecule has 0 aliphatic carbocycles. The molecule has 5 rings (SSSR count). The highest BCUT2D eigenvalue weighted by atomic mass is 79.9. The largest absolute Gasteiger partial charge is 1.00 e. The van der Waals surface area contributed by atoms with Crippen LogP contribution in [0, 0.1) is 13.8 Å². The molecule has 1 aliphatic rings. The number of aliphatic hydroxyl groups is 3. The molecule has 8 heteroatoms. The van der Waals surface area contributed by atoms with Gasteiger partial charge in [-0.05, 0) is 48.6 Å². The van der Waals surface area contributed by atoms with Gasteiger partial charge in [-0.1, -0.05) is 0 Å². The van der Waals surface area contributed by atoms with Crippen molar-refractivity contribution in [2.75, 3.05) is 13.7 Å². The number of ether oxygens (including phenoxy) is 2. The second kappa shape index (κ2) is 8.03. The quantitative estimate of drug-likeness (QED) is 0.271. The summed E-state index contributed by atoms with van der Waals surface area (Å²) in [5.41, 5.74) is 4.37. The van der Waals surface area contributed by atoms with Crippen LogP contribution in [0.2, 0.25) is 0 Å². The summed E-state index contributed by atoms with van der Waals surface area (Å²) in [6, 6.07) is 8.00. The van der Waals surface area contributed by atoms with E-state index in [-0.39, 0.29) is 23.6 Å². The number of fused-ring (bicyclic) bond motifs is 4. The minimum absolute atomic E-state index is 0. The molecule has 0 amide bonds. The fraction of sp³-hybridized carbons (Fsp3) is 0.348. The van der Waals surface area contributed by atoms with Crippen molar-refractivity contribution in [3.63, 3.8) is 0 Å². The minimum Gasteiger partial charge on any atom is -1.00 e. The Morgan fingerprint density at radius 3 is 2.55 bits per heavy atom. The number of pyridine rings is 1. The van der Waals surface area contributed by atoms with Gasteiger partial charge in [0.2, 0.25) is 0 Å². The van der Waals surface area contributed by atoms with Crippen molar-refractivity contribution in [2.24, 2.45) is 0 Å². The average molecular weight is 489 g/mol. The number of hydrogen-bond acceptors (Lipinski definition) is 5. The number of aromatic nitrogens is 2. The highest BCUT2D eigenvalue weighted by Crippen LogP contribution is 2.37. The van der Waals surface area contributed by atoms with Crippen LogP contribution in [0.4, 0.5) is 0 Å². The van der Waals surface area contributed by atoms with Crippen molar-refractivity contribution in [1.82, 2.24) is 4.98 Å². The predicted octanol–water partition coefficient (Wildman–Crippen LogP) is -0.997. The Balaban J connectivity index is 0.00000231. The number of aliphatic hydroxyl groups excluding tert-OH is 3. The zero-order chi connectivity index (χ0) is 21.2. The number of aryl methyl sites for hydroxylation is 2. The Bertz CT molecular complexity index is 1290. The average Bonchev–Trinajstić information content (AvgIpc) is 3.14. The van der Waals surface area contributed by atoms with Gasteiger partial charge in [-0.3, -0.25) is 0 Å². The number of halogens is 1. The van der Waals surface area contributed by atoms with Gasteiger partial charge in [-0.25, -0.2) is 0 Å². The highest BCUT2D eigenvalue weighted by Gasteiger charge is 2.43. The molecule has 4 unspecified atom stereocenters. The molecule has 3 heterocycles. The first-order valence-corrected chi connectivity index (χ1v) is 9.99. The molecule has 0 radical (unpaired) electrons. The van der Waals surface area contributed by atoms with E-state index < -0.39 is 24.5 Å². The molecular weight excluding hydrogens is 464 g/mol. The van der Waals surface area contributed by atoms with Crippen LogP contribution in [0.5, 0.6) is 5.75 Å². The van der Waals surface area contributed by atoms with E-state index in [0.29, 0.717) is 0 Å². The third-order valence-electron chi connectivity index (χ3n) is 6.31. The molecule has 1 fully saturated rings. The van der Waals surface area contributed by atoms with Crippen LogP contribution in [0.15, 0.2) is 36.7 Å². The lowest BCUT2D eigenvalue weighted by Crippen LogP contribution is -3.00. The fourth-order valence-corrected chi connectivity index (χ4v) is 4.59. The monoisotopic (exact) mass is 488 g/mol. The third-order valence-corrected chi connectivity index (χ3v) is 6.31. The van der Waals surface area contributed by atoms with E-state index in [1.165, 1.54) is 0 Å². The Kier molecular flexibility index (Phi) is 5.70. The van der Waals surface area contributed by atoms with Gasteiger partial charge < -0.3 is 46.8 Å². The molecule has 0 bridgehead atoms. The maximum absolute atomic E-state index is 10.4. The summed E-state index contributed by atoms with van der Waals surface area (Å²) in [5.74, 6) is 0.801. The number of H-pyrrole nitrogens is 1. The molecule has 0 saturated carbocycles. The summed E-state index contributed by atoms with van der Waals surface area (Å²) in [6.07, 6.45) is -0.565. The second-order valence-corrected chi connectivity index (χ2v) is 8.03. The van der Waals surface area contributed by atoms with Crippen molar-refractivity contribution in [1.29, 1.82) is 0 Å². The van der Waals surface area contributed by atoms with Gasteiger partial charge in [0.05, 0.1) is 19.2 Å². The lowest BCUT2D eigenvalue weighted by Gasteiger charge is -2.31. The molecule has 164 valence electrons. The highest BCUT2D eigenvalue weighted by molar-refractivity contribution is 6.16. The molecule has 2 aromatic carbocycles. The first-order valence-electron chi connectivity index (χ1n) is 9.99. The van der Waals surface area contributed by atoms with E-state index in [9.17, 15) is 15.3 Å². The maximum atomic E-state index is 10.4. The maximum Gasteiger partial charge on any atom is 0.291 e. The molecule has 1 aliphatic heterocycles. The molecule has 4 aromatic rings. The minimum atomic E-state index is -1.25. The second-order valence-electron chi connectivity index (χ2n) is 8.03. The topological polar surface area (TPSA) is 98.8 Å². The molecule has 1 saturated heterocycles. The van der Waals surface area contributed by atoms with E-state index in [1.807, 2.05) is 36.7 Å². The van der Waals surface area contributed by atoms with Crippen LogP contribution in [-0.4, -0.2) is 52.3 Å². The molecule has 4 N–H and O–H groups in total. The summed E-state index contributed by atoms with van der Waals surface area (Å²) in [6.45, 7) is 4.14. The molecule has 7 nitrogen and oxygen atoms in total. The Hall–Kier alpha value is -2.23. The number of hydrogen-bond donors (Lipinski definition) is 4. The molecule has 0 spiro atoms. The SMILES string of the molecule is COc1ccc2[nH]c3c(C)c4cc[n+](C5OCC(O)C(O)C5O)cc4c(C)c3c2c1.[Br-]. The fourth-order valence-electron chi connectivity index (χ4n) is 4.59.